The normalized spacial score (nSPS) is 12.2. The third kappa shape index (κ3) is 3.97. The third-order valence-corrected chi connectivity index (χ3v) is 3.64. The molecule has 2 rings (SSSR count). The quantitative estimate of drug-likeness (QED) is 0.889. The van der Waals surface area contributed by atoms with Crippen molar-refractivity contribution in [3.8, 4) is 0 Å². The first-order valence-corrected chi connectivity index (χ1v) is 7.53. The predicted octanol–water partition coefficient (Wildman–Crippen LogP) is 2.58. The number of aliphatic carboxylic acids is 1. The van der Waals surface area contributed by atoms with E-state index in [1.807, 2.05) is 44.2 Å². The van der Waals surface area contributed by atoms with Gasteiger partial charge in [0.1, 0.15) is 11.7 Å². The zero-order valence-corrected chi connectivity index (χ0v) is 13.5. The van der Waals surface area contributed by atoms with E-state index in [2.05, 4.69) is 5.10 Å². The number of nitrogens with zero attached hydrogens (tertiary/aromatic N) is 3. The smallest absolute Gasteiger partial charge is 0.326 e. The van der Waals surface area contributed by atoms with Crippen molar-refractivity contribution in [3.63, 3.8) is 0 Å². The minimum absolute atomic E-state index is 0.135. The summed E-state index contributed by atoms with van der Waals surface area (Å²) in [6.07, 6.45) is 1.73. The zero-order chi connectivity index (χ0) is 17.0. The monoisotopic (exact) mass is 315 g/mol. The molecule has 1 aromatic carbocycles. The molecule has 1 N–H and O–H groups in total. The van der Waals surface area contributed by atoms with Gasteiger partial charge in [0.25, 0.3) is 5.91 Å². The lowest BCUT2D eigenvalue weighted by Gasteiger charge is -2.26. The van der Waals surface area contributed by atoms with Gasteiger partial charge in [-0.25, -0.2) is 4.79 Å². The van der Waals surface area contributed by atoms with E-state index in [0.29, 0.717) is 0 Å². The van der Waals surface area contributed by atoms with Crippen molar-refractivity contribution in [3.05, 3.63) is 53.9 Å². The molecule has 1 unspecified atom stereocenters. The molecule has 0 aliphatic heterocycles. The van der Waals surface area contributed by atoms with E-state index in [0.717, 1.165) is 5.56 Å². The van der Waals surface area contributed by atoms with Crippen molar-refractivity contribution < 1.29 is 14.7 Å². The average Bonchev–Trinajstić information content (AvgIpc) is 3.02. The summed E-state index contributed by atoms with van der Waals surface area (Å²) in [6, 6.07) is 10.1. The van der Waals surface area contributed by atoms with E-state index >= 15 is 0 Å². The van der Waals surface area contributed by atoms with Gasteiger partial charge in [-0.1, -0.05) is 30.3 Å². The van der Waals surface area contributed by atoms with Gasteiger partial charge in [-0.3, -0.25) is 9.48 Å². The fraction of sp³-hybridized carbons (Fsp3) is 0.353. The number of carbonyl (C=O) groups is 2. The Balaban J connectivity index is 2.28. The summed E-state index contributed by atoms with van der Waals surface area (Å²) in [5.74, 6) is -1.43. The van der Waals surface area contributed by atoms with Gasteiger partial charge in [-0.15, -0.1) is 0 Å². The second-order valence-electron chi connectivity index (χ2n) is 5.71. The Morgan fingerprint density at radius 1 is 1.17 bits per heavy atom. The largest absolute Gasteiger partial charge is 0.480 e. The summed E-state index contributed by atoms with van der Waals surface area (Å²) in [7, 11) is 0. The SMILES string of the molecule is CC(C(=O)O)N(Cc1ccccc1)C(=O)c1ccn(C(C)C)n1. The Morgan fingerprint density at radius 2 is 1.83 bits per heavy atom. The Morgan fingerprint density at radius 3 is 2.35 bits per heavy atom. The Kier molecular flexibility index (Phi) is 5.16. The molecule has 0 aliphatic rings. The second-order valence-corrected chi connectivity index (χ2v) is 5.71. The van der Waals surface area contributed by atoms with Crippen molar-refractivity contribution in [1.82, 2.24) is 14.7 Å². The lowest BCUT2D eigenvalue weighted by molar-refractivity contribution is -0.141. The van der Waals surface area contributed by atoms with Crippen LogP contribution in [0.5, 0.6) is 0 Å². The highest BCUT2D eigenvalue weighted by atomic mass is 16.4. The molecule has 0 fully saturated rings. The van der Waals surface area contributed by atoms with Crippen LogP contribution in [0.3, 0.4) is 0 Å². The van der Waals surface area contributed by atoms with Crippen LogP contribution in [-0.4, -0.2) is 37.7 Å². The minimum atomic E-state index is -1.04. The highest BCUT2D eigenvalue weighted by Gasteiger charge is 2.28. The van der Waals surface area contributed by atoms with E-state index < -0.39 is 12.0 Å². The van der Waals surface area contributed by atoms with Crippen LogP contribution in [0.15, 0.2) is 42.6 Å². The van der Waals surface area contributed by atoms with E-state index in [4.69, 9.17) is 0 Å². The standard InChI is InChI=1S/C17H21N3O3/c1-12(2)20-10-9-15(18-20)16(21)19(13(3)17(22)23)11-14-7-5-4-6-8-14/h4-10,12-13H,11H2,1-3H3,(H,22,23). The lowest BCUT2D eigenvalue weighted by Crippen LogP contribution is -2.43. The van der Waals surface area contributed by atoms with Gasteiger partial charge in [0, 0.05) is 18.8 Å². The molecule has 0 saturated heterocycles. The van der Waals surface area contributed by atoms with Crippen molar-refractivity contribution in [2.24, 2.45) is 0 Å². The van der Waals surface area contributed by atoms with E-state index in [-0.39, 0.29) is 24.2 Å². The van der Waals surface area contributed by atoms with Gasteiger partial charge < -0.3 is 10.0 Å². The Hall–Kier alpha value is -2.63. The summed E-state index contributed by atoms with van der Waals surface area (Å²) >= 11 is 0. The molecule has 122 valence electrons. The van der Waals surface area contributed by atoms with Crippen LogP contribution < -0.4 is 0 Å². The molecule has 0 radical (unpaired) electrons. The first kappa shape index (κ1) is 16.7. The molecule has 1 amide bonds. The molecular formula is C17H21N3O3. The summed E-state index contributed by atoms with van der Waals surface area (Å²) < 4.78 is 1.68. The van der Waals surface area contributed by atoms with Crippen LogP contribution in [-0.2, 0) is 11.3 Å². The number of carboxylic acids is 1. The first-order chi connectivity index (χ1) is 10.9. The van der Waals surface area contributed by atoms with E-state index in [1.165, 1.54) is 11.8 Å². The van der Waals surface area contributed by atoms with Gasteiger partial charge in [0.05, 0.1) is 0 Å². The van der Waals surface area contributed by atoms with Crippen LogP contribution >= 0.6 is 0 Å². The first-order valence-electron chi connectivity index (χ1n) is 7.53. The molecule has 0 bridgehead atoms. The van der Waals surface area contributed by atoms with Gasteiger partial charge in [-0.2, -0.15) is 5.10 Å². The molecular weight excluding hydrogens is 294 g/mol. The number of rotatable bonds is 6. The molecule has 0 saturated carbocycles. The highest BCUT2D eigenvalue weighted by molar-refractivity contribution is 5.94. The van der Waals surface area contributed by atoms with Crippen LogP contribution in [0.2, 0.25) is 0 Å². The maximum atomic E-state index is 12.7. The summed E-state index contributed by atoms with van der Waals surface area (Å²) in [5.41, 5.74) is 1.12. The zero-order valence-electron chi connectivity index (χ0n) is 13.5. The predicted molar refractivity (Wildman–Crippen MR) is 86.0 cm³/mol. The van der Waals surface area contributed by atoms with Gasteiger partial charge in [0.15, 0.2) is 0 Å². The van der Waals surface area contributed by atoms with Gasteiger partial charge >= 0.3 is 5.97 Å². The van der Waals surface area contributed by atoms with E-state index in [9.17, 15) is 14.7 Å². The topological polar surface area (TPSA) is 75.4 Å². The summed E-state index contributed by atoms with van der Waals surface area (Å²) in [6.45, 7) is 5.65. The molecule has 0 spiro atoms. The van der Waals surface area contributed by atoms with Gasteiger partial charge in [-0.05, 0) is 32.4 Å². The van der Waals surface area contributed by atoms with E-state index in [1.54, 1.807) is 16.9 Å². The third-order valence-electron chi connectivity index (χ3n) is 3.64. The summed E-state index contributed by atoms with van der Waals surface area (Å²) in [4.78, 5) is 25.4. The molecule has 2 aromatic rings. The van der Waals surface area contributed by atoms with Crippen molar-refractivity contribution >= 4 is 11.9 Å². The lowest BCUT2D eigenvalue weighted by atomic mass is 10.1. The highest BCUT2D eigenvalue weighted by Crippen LogP contribution is 2.14. The molecule has 1 atom stereocenters. The number of carbonyl (C=O) groups excluding carboxylic acids is 1. The number of amides is 1. The number of benzene rings is 1. The number of carboxylic acid groups (broad SMARTS) is 1. The van der Waals surface area contributed by atoms with Crippen LogP contribution in [0.4, 0.5) is 0 Å². The molecule has 6 heteroatoms. The molecule has 1 heterocycles. The molecule has 0 aliphatic carbocycles. The molecule has 23 heavy (non-hydrogen) atoms. The molecule has 6 nitrogen and oxygen atoms in total. The molecule has 1 aromatic heterocycles. The number of hydrogen-bond acceptors (Lipinski definition) is 3. The Labute approximate surface area is 135 Å². The fourth-order valence-electron chi connectivity index (χ4n) is 2.18. The van der Waals surface area contributed by atoms with Crippen LogP contribution in [0, 0.1) is 0 Å². The minimum Gasteiger partial charge on any atom is -0.480 e. The summed E-state index contributed by atoms with van der Waals surface area (Å²) in [5, 5.41) is 13.5. The second kappa shape index (κ2) is 7.09. The van der Waals surface area contributed by atoms with Crippen LogP contribution in [0.25, 0.3) is 0 Å². The van der Waals surface area contributed by atoms with Crippen molar-refractivity contribution in [1.29, 1.82) is 0 Å². The van der Waals surface area contributed by atoms with Crippen molar-refractivity contribution in [2.45, 2.75) is 39.4 Å². The number of aromatic nitrogens is 2. The average molecular weight is 315 g/mol. The van der Waals surface area contributed by atoms with Crippen molar-refractivity contribution in [2.75, 3.05) is 0 Å². The maximum absolute atomic E-state index is 12.7. The number of hydrogen-bond donors (Lipinski definition) is 1. The maximum Gasteiger partial charge on any atom is 0.326 e. The van der Waals surface area contributed by atoms with Gasteiger partial charge in [0.2, 0.25) is 0 Å². The van der Waals surface area contributed by atoms with Crippen LogP contribution in [0.1, 0.15) is 42.9 Å². The fourth-order valence-corrected chi connectivity index (χ4v) is 2.18. The Bertz CT molecular complexity index is 679.